The van der Waals surface area contributed by atoms with E-state index >= 15 is 0 Å². The van der Waals surface area contributed by atoms with Gasteiger partial charge >= 0.3 is 12.1 Å². The fourth-order valence-electron chi connectivity index (χ4n) is 4.35. The molecule has 0 bridgehead atoms. The van der Waals surface area contributed by atoms with Gasteiger partial charge in [0.15, 0.2) is 12.4 Å². The lowest BCUT2D eigenvalue weighted by atomic mass is 9.95. The number of aldehydes is 1. The second-order valence-electron chi connectivity index (χ2n) is 9.31. The minimum atomic E-state index is -2.07. The number of β-lactam (4-membered cyclic amide) rings is 1. The van der Waals surface area contributed by atoms with Crippen molar-refractivity contribution in [2.45, 2.75) is 66.5 Å². The first-order valence-corrected chi connectivity index (χ1v) is 12.4. The van der Waals surface area contributed by atoms with Crippen molar-refractivity contribution >= 4 is 41.9 Å². The quantitative estimate of drug-likeness (QED) is 0.113. The number of aliphatic hydroxyl groups is 4. The van der Waals surface area contributed by atoms with E-state index in [2.05, 4.69) is 10.6 Å². The van der Waals surface area contributed by atoms with Gasteiger partial charge in [-0.25, -0.2) is 9.59 Å². The maximum absolute atomic E-state index is 13.3. The van der Waals surface area contributed by atoms with E-state index in [0.29, 0.717) is 0 Å². The minimum Gasteiger partial charge on any atom is -0.480 e. The number of hydrogen-bond acceptors (Lipinski definition) is 11. The summed E-state index contributed by atoms with van der Waals surface area (Å²) >= 11 is 1.22. The molecule has 7 N–H and O–H groups in total. The van der Waals surface area contributed by atoms with Crippen LogP contribution in [0.3, 0.4) is 0 Å². The average Bonchev–Trinajstić information content (AvgIpc) is 3.15. The molecule has 8 atom stereocenters. The molecular formula is C23H29N3O11S. The highest BCUT2D eigenvalue weighted by Crippen LogP contribution is 2.50. The van der Waals surface area contributed by atoms with E-state index in [1.165, 1.54) is 28.8 Å². The van der Waals surface area contributed by atoms with Gasteiger partial charge in [0, 0.05) is 4.75 Å². The van der Waals surface area contributed by atoms with E-state index in [1.807, 2.05) is 0 Å². The number of fused-ring (bicyclic) bond motifs is 1. The highest BCUT2D eigenvalue weighted by Gasteiger charge is 2.64. The van der Waals surface area contributed by atoms with Gasteiger partial charge in [0.1, 0.15) is 41.8 Å². The van der Waals surface area contributed by atoms with Crippen LogP contribution in [0.1, 0.15) is 25.5 Å². The van der Waals surface area contributed by atoms with Crippen LogP contribution in [-0.4, -0.2) is 114 Å². The van der Waals surface area contributed by atoms with Crippen molar-refractivity contribution in [3.63, 3.8) is 0 Å². The number of carboxylic acid groups (broad SMARTS) is 1. The molecular weight excluding hydrogens is 526 g/mol. The van der Waals surface area contributed by atoms with Crippen LogP contribution >= 0.6 is 11.8 Å². The molecule has 1 aromatic carbocycles. The fourth-order valence-corrected chi connectivity index (χ4v) is 5.97. The first-order chi connectivity index (χ1) is 17.8. The minimum absolute atomic E-state index is 0.0498. The van der Waals surface area contributed by atoms with Crippen molar-refractivity contribution in [1.29, 1.82) is 0 Å². The third kappa shape index (κ3) is 5.76. The average molecular weight is 556 g/mol. The maximum atomic E-state index is 13.3. The zero-order valence-electron chi connectivity index (χ0n) is 20.3. The Balaban J connectivity index is 1.77. The van der Waals surface area contributed by atoms with Crippen LogP contribution in [-0.2, 0) is 23.9 Å². The molecule has 0 radical (unpaired) electrons. The van der Waals surface area contributed by atoms with Gasteiger partial charge in [-0.15, -0.1) is 11.8 Å². The highest BCUT2D eigenvalue weighted by atomic mass is 32.2. The molecule has 0 saturated carbocycles. The summed E-state index contributed by atoms with van der Waals surface area (Å²) in [5, 5.41) is 52.3. The number of ether oxygens (including phenoxy) is 1. The number of nitrogens with one attached hydrogen (secondary N) is 2. The smallest absolute Gasteiger partial charge is 0.408 e. The number of aliphatic carboxylic acids is 1. The van der Waals surface area contributed by atoms with Gasteiger partial charge in [0.25, 0.3) is 0 Å². The van der Waals surface area contributed by atoms with Crippen LogP contribution in [0, 0.1) is 0 Å². The van der Waals surface area contributed by atoms with E-state index in [9.17, 15) is 44.4 Å². The summed E-state index contributed by atoms with van der Waals surface area (Å²) in [4.78, 5) is 62.6. The van der Waals surface area contributed by atoms with Crippen LogP contribution in [0.15, 0.2) is 30.3 Å². The number of hydrogen-bond donors (Lipinski definition) is 7. The van der Waals surface area contributed by atoms with Gasteiger partial charge in [0.05, 0.1) is 6.61 Å². The lowest BCUT2D eigenvalue weighted by Gasteiger charge is -2.44. The van der Waals surface area contributed by atoms with Gasteiger partial charge in [-0.05, 0) is 19.4 Å². The number of nitrogens with zero attached hydrogens (tertiary/aromatic N) is 1. The third-order valence-corrected chi connectivity index (χ3v) is 7.84. The van der Waals surface area contributed by atoms with Crippen molar-refractivity contribution in [3.05, 3.63) is 35.9 Å². The molecule has 14 nitrogen and oxygen atoms in total. The number of carboxylic acids is 1. The van der Waals surface area contributed by atoms with Gasteiger partial charge in [-0.2, -0.15) is 0 Å². The number of benzene rings is 1. The molecule has 2 saturated heterocycles. The van der Waals surface area contributed by atoms with Crippen LogP contribution in [0.4, 0.5) is 4.79 Å². The topological polar surface area (TPSA) is 223 Å². The van der Waals surface area contributed by atoms with Crippen molar-refractivity contribution < 1.29 is 54.2 Å². The molecule has 208 valence electrons. The SMILES string of the molecule is CC1(C)SC2C(NC(=O)C(NC(=O)O[C@@H]([C@H](O)[C@H](O)CO)[C@@H](O)C=O)c3ccccc3)C(=O)N2C1C(=O)O. The lowest BCUT2D eigenvalue weighted by molar-refractivity contribution is -0.161. The lowest BCUT2D eigenvalue weighted by Crippen LogP contribution is -2.71. The summed E-state index contributed by atoms with van der Waals surface area (Å²) in [5.74, 6) is -2.61. The largest absolute Gasteiger partial charge is 0.480 e. The first-order valence-electron chi connectivity index (χ1n) is 11.5. The Morgan fingerprint density at radius 2 is 1.82 bits per heavy atom. The summed E-state index contributed by atoms with van der Waals surface area (Å²) in [7, 11) is 0. The fraction of sp³-hybridized carbons (Fsp3) is 0.522. The summed E-state index contributed by atoms with van der Waals surface area (Å²) in [5.41, 5.74) is 0.261. The zero-order chi connectivity index (χ0) is 28.4. The van der Waals surface area contributed by atoms with Crippen LogP contribution in [0.25, 0.3) is 0 Å². The highest BCUT2D eigenvalue weighted by molar-refractivity contribution is 8.01. The van der Waals surface area contributed by atoms with Crippen LogP contribution in [0.5, 0.6) is 0 Å². The molecule has 3 amide bonds. The zero-order valence-corrected chi connectivity index (χ0v) is 21.1. The molecule has 1 aromatic rings. The van der Waals surface area contributed by atoms with Gasteiger partial charge < -0.3 is 50.6 Å². The number of amides is 3. The standard InChI is InChI=1S/C23H29N3O11S/c1-23(2)17(21(34)35)26-19(33)14(20(26)38-23)24-18(32)13(10-6-4-3-5-7-10)25-22(36)37-16(12(30)9-28)15(31)11(29)8-27/h3-7,9,11-17,20,27,29-31H,8H2,1-2H3,(H,24,32)(H,25,36)(H,34,35)/t11-,12+,13?,14?,15-,16-,17?,20?/m1/s1. The van der Waals surface area contributed by atoms with Crippen LogP contribution in [0.2, 0.25) is 0 Å². The Kier molecular flexibility index (Phi) is 8.99. The monoisotopic (exact) mass is 555 g/mol. The molecule has 3 rings (SSSR count). The Morgan fingerprint density at radius 1 is 1.18 bits per heavy atom. The normalized spacial score (nSPS) is 25.6. The Morgan fingerprint density at radius 3 is 2.37 bits per heavy atom. The predicted octanol–water partition coefficient (Wildman–Crippen LogP) is -2.27. The Bertz CT molecular complexity index is 1070. The summed E-state index contributed by atoms with van der Waals surface area (Å²) in [6.45, 7) is 2.39. The molecule has 2 aliphatic heterocycles. The second-order valence-corrected chi connectivity index (χ2v) is 11.1. The Labute approximate surface area is 220 Å². The third-order valence-electron chi connectivity index (χ3n) is 6.27. The van der Waals surface area contributed by atoms with Gasteiger partial charge in [-0.3, -0.25) is 9.59 Å². The second kappa shape index (κ2) is 11.7. The number of rotatable bonds is 11. The van der Waals surface area contributed by atoms with Crippen molar-refractivity contribution in [3.8, 4) is 0 Å². The number of carbonyl (C=O) groups is 5. The van der Waals surface area contributed by atoms with Gasteiger partial charge in [0.2, 0.25) is 11.8 Å². The molecule has 0 aromatic heterocycles. The molecule has 0 spiro atoms. The van der Waals surface area contributed by atoms with Crippen molar-refractivity contribution in [1.82, 2.24) is 15.5 Å². The maximum Gasteiger partial charge on any atom is 0.408 e. The summed E-state index contributed by atoms with van der Waals surface area (Å²) in [6, 6.07) is 4.19. The number of aliphatic hydroxyl groups excluding tert-OH is 4. The predicted molar refractivity (Wildman–Crippen MR) is 129 cm³/mol. The number of carbonyl (C=O) groups excluding carboxylic acids is 4. The van der Waals surface area contributed by atoms with E-state index in [1.54, 1.807) is 32.0 Å². The number of thioether (sulfide) groups is 1. The summed E-state index contributed by atoms with van der Waals surface area (Å²) < 4.78 is 4.10. The number of alkyl carbamates (subject to hydrolysis) is 1. The summed E-state index contributed by atoms with van der Waals surface area (Å²) in [6.07, 6.45) is -9.37. The molecule has 2 fully saturated rings. The van der Waals surface area contributed by atoms with E-state index in [-0.39, 0.29) is 11.8 Å². The molecule has 2 heterocycles. The molecule has 4 unspecified atom stereocenters. The molecule has 15 heteroatoms. The molecule has 38 heavy (non-hydrogen) atoms. The Hall–Kier alpha value is -3.24. The van der Waals surface area contributed by atoms with Crippen LogP contribution < -0.4 is 10.6 Å². The van der Waals surface area contributed by atoms with Crippen molar-refractivity contribution in [2.24, 2.45) is 0 Å². The molecule has 0 aliphatic carbocycles. The molecule has 2 aliphatic rings. The van der Waals surface area contributed by atoms with E-state index in [4.69, 9.17) is 9.84 Å². The first kappa shape index (κ1) is 29.3. The van der Waals surface area contributed by atoms with E-state index < -0.39 is 83.1 Å². The van der Waals surface area contributed by atoms with Crippen molar-refractivity contribution in [2.75, 3.05) is 6.61 Å². The van der Waals surface area contributed by atoms with Gasteiger partial charge in [-0.1, -0.05) is 30.3 Å². The van der Waals surface area contributed by atoms with E-state index in [0.717, 1.165) is 0 Å².